The molecule has 1 N–H and O–H groups in total. The molecule has 0 aliphatic carbocycles. The zero-order valence-electron chi connectivity index (χ0n) is 12.7. The molecule has 1 unspecified atom stereocenters. The average Bonchev–Trinajstić information content (AvgIpc) is 2.50. The molecule has 21 heavy (non-hydrogen) atoms. The molecule has 0 aliphatic heterocycles. The third kappa shape index (κ3) is 3.36. The lowest BCUT2D eigenvalue weighted by Gasteiger charge is -2.23. The molecule has 7 heteroatoms. The number of hydrogen-bond donors (Lipinski definition) is 1. The van der Waals surface area contributed by atoms with Crippen LogP contribution in [0.25, 0.3) is 0 Å². The maximum absolute atomic E-state index is 12.4. The van der Waals surface area contributed by atoms with Gasteiger partial charge in [0.25, 0.3) is 5.91 Å². The van der Waals surface area contributed by atoms with Gasteiger partial charge in [0, 0.05) is 19.2 Å². The smallest absolute Gasteiger partial charge is 0.326 e. The van der Waals surface area contributed by atoms with Crippen LogP contribution >= 0.6 is 0 Å². The number of benzene rings is 1. The fourth-order valence-corrected chi connectivity index (χ4v) is 1.73. The first-order valence-electron chi connectivity index (χ1n) is 6.17. The molecule has 0 saturated carbocycles. The monoisotopic (exact) mass is 297 g/mol. The van der Waals surface area contributed by atoms with Gasteiger partial charge in [-0.25, -0.2) is 4.79 Å². The number of nitrogens with zero attached hydrogens (tertiary/aromatic N) is 1. The van der Waals surface area contributed by atoms with Crippen LogP contribution in [0.4, 0.5) is 0 Å². The Morgan fingerprint density at radius 3 is 1.95 bits per heavy atom. The molecule has 0 aliphatic rings. The summed E-state index contributed by atoms with van der Waals surface area (Å²) in [4.78, 5) is 24.5. The minimum atomic E-state index is -1.09. The van der Waals surface area contributed by atoms with Crippen LogP contribution in [0.1, 0.15) is 17.3 Å². The summed E-state index contributed by atoms with van der Waals surface area (Å²) in [5.74, 6) is -0.520. The van der Waals surface area contributed by atoms with E-state index in [0.29, 0.717) is 11.5 Å². The molecule has 1 amide bonds. The predicted octanol–water partition coefficient (Wildman–Crippen LogP) is 1.26. The molecule has 0 bridgehead atoms. The topological polar surface area (TPSA) is 85.3 Å². The van der Waals surface area contributed by atoms with Crippen molar-refractivity contribution in [2.45, 2.75) is 13.0 Å². The van der Waals surface area contributed by atoms with E-state index in [0.717, 1.165) is 4.90 Å². The maximum atomic E-state index is 12.4. The van der Waals surface area contributed by atoms with Crippen molar-refractivity contribution in [3.63, 3.8) is 0 Å². The molecule has 116 valence electrons. The first kappa shape index (κ1) is 16.6. The van der Waals surface area contributed by atoms with Crippen molar-refractivity contribution in [3.05, 3.63) is 17.7 Å². The molecular weight excluding hydrogens is 278 g/mol. The molecule has 0 heterocycles. The molecule has 0 fully saturated rings. The lowest BCUT2D eigenvalue weighted by atomic mass is 10.1. The highest BCUT2D eigenvalue weighted by Gasteiger charge is 2.26. The third-order valence-corrected chi connectivity index (χ3v) is 3.19. The Hall–Kier alpha value is -2.44. The van der Waals surface area contributed by atoms with Gasteiger partial charge in [-0.15, -0.1) is 0 Å². The van der Waals surface area contributed by atoms with Gasteiger partial charge in [0.15, 0.2) is 11.5 Å². The fourth-order valence-electron chi connectivity index (χ4n) is 1.73. The Kier molecular flexibility index (Phi) is 5.40. The molecule has 1 aromatic rings. The molecule has 0 radical (unpaired) electrons. The minimum Gasteiger partial charge on any atom is -0.496 e. The number of ether oxygens (including phenoxy) is 3. The van der Waals surface area contributed by atoms with Crippen molar-refractivity contribution in [1.29, 1.82) is 0 Å². The van der Waals surface area contributed by atoms with Gasteiger partial charge in [0.1, 0.15) is 11.8 Å². The first-order chi connectivity index (χ1) is 9.87. The first-order valence-corrected chi connectivity index (χ1v) is 6.17. The van der Waals surface area contributed by atoms with Crippen molar-refractivity contribution in [3.8, 4) is 17.2 Å². The Labute approximate surface area is 123 Å². The largest absolute Gasteiger partial charge is 0.496 e. The van der Waals surface area contributed by atoms with E-state index < -0.39 is 17.9 Å². The van der Waals surface area contributed by atoms with Crippen LogP contribution < -0.4 is 14.2 Å². The summed E-state index contributed by atoms with van der Waals surface area (Å²) >= 11 is 0. The lowest BCUT2D eigenvalue weighted by molar-refractivity contribution is -0.141. The average molecular weight is 297 g/mol. The van der Waals surface area contributed by atoms with Gasteiger partial charge in [0.05, 0.1) is 26.9 Å². The van der Waals surface area contributed by atoms with Gasteiger partial charge in [-0.2, -0.15) is 0 Å². The molecule has 0 spiro atoms. The normalized spacial score (nSPS) is 11.5. The number of likely N-dealkylation sites (N-methyl/N-ethyl adjacent to an activating group) is 1. The summed E-state index contributed by atoms with van der Waals surface area (Å²) in [7, 11) is 5.75. The number of aliphatic carboxylic acids is 1. The van der Waals surface area contributed by atoms with E-state index >= 15 is 0 Å². The van der Waals surface area contributed by atoms with Crippen LogP contribution in [0, 0.1) is 0 Å². The van der Waals surface area contributed by atoms with Crippen molar-refractivity contribution >= 4 is 11.9 Å². The van der Waals surface area contributed by atoms with Crippen molar-refractivity contribution in [2.24, 2.45) is 0 Å². The summed E-state index contributed by atoms with van der Waals surface area (Å²) in [6.07, 6.45) is 0. The maximum Gasteiger partial charge on any atom is 0.326 e. The number of carboxylic acids is 1. The zero-order valence-corrected chi connectivity index (χ0v) is 12.7. The van der Waals surface area contributed by atoms with Gasteiger partial charge in [-0.3, -0.25) is 4.79 Å². The SMILES string of the molecule is COc1cc(OC)c(C(=O)N(C)C(C)C(=O)O)cc1OC. The highest BCUT2D eigenvalue weighted by Crippen LogP contribution is 2.35. The number of amides is 1. The molecule has 0 saturated heterocycles. The van der Waals surface area contributed by atoms with Gasteiger partial charge in [-0.05, 0) is 6.92 Å². The van der Waals surface area contributed by atoms with Gasteiger partial charge >= 0.3 is 5.97 Å². The van der Waals surface area contributed by atoms with E-state index in [1.54, 1.807) is 0 Å². The quantitative estimate of drug-likeness (QED) is 0.850. The molecular formula is C14H19NO6. The van der Waals surface area contributed by atoms with Crippen molar-refractivity contribution < 1.29 is 28.9 Å². The number of rotatable bonds is 6. The summed E-state index contributed by atoms with van der Waals surface area (Å²) < 4.78 is 15.5. The molecule has 1 atom stereocenters. The van der Waals surface area contributed by atoms with E-state index in [-0.39, 0.29) is 11.3 Å². The van der Waals surface area contributed by atoms with E-state index in [2.05, 4.69) is 0 Å². The summed E-state index contributed by atoms with van der Waals surface area (Å²) in [5.41, 5.74) is 0.200. The van der Waals surface area contributed by atoms with Gasteiger partial charge in [0.2, 0.25) is 0 Å². The lowest BCUT2D eigenvalue weighted by Crippen LogP contribution is -2.40. The Morgan fingerprint density at radius 2 is 1.52 bits per heavy atom. The summed E-state index contributed by atoms with van der Waals surface area (Å²) in [6.45, 7) is 1.42. The van der Waals surface area contributed by atoms with Crippen LogP contribution in [0.5, 0.6) is 17.2 Å². The van der Waals surface area contributed by atoms with Gasteiger partial charge < -0.3 is 24.2 Å². The van der Waals surface area contributed by atoms with Crippen LogP contribution in [-0.4, -0.2) is 56.3 Å². The van der Waals surface area contributed by atoms with Crippen molar-refractivity contribution in [2.75, 3.05) is 28.4 Å². The van der Waals surface area contributed by atoms with E-state index in [1.165, 1.54) is 47.4 Å². The van der Waals surface area contributed by atoms with E-state index in [4.69, 9.17) is 19.3 Å². The number of methoxy groups -OCH3 is 3. The van der Waals surface area contributed by atoms with Crippen LogP contribution in [0.3, 0.4) is 0 Å². The molecule has 1 aromatic carbocycles. The van der Waals surface area contributed by atoms with E-state index in [1.807, 2.05) is 0 Å². The number of hydrogen-bond acceptors (Lipinski definition) is 5. The standard InChI is InChI=1S/C14H19NO6/c1-8(14(17)18)15(2)13(16)9-6-11(20-4)12(21-5)7-10(9)19-3/h6-8H,1-5H3,(H,17,18). The van der Waals surface area contributed by atoms with Crippen LogP contribution in [-0.2, 0) is 4.79 Å². The highest BCUT2D eigenvalue weighted by molar-refractivity contribution is 5.99. The predicted molar refractivity (Wildman–Crippen MR) is 75.3 cm³/mol. The Balaban J connectivity index is 3.28. The molecule has 7 nitrogen and oxygen atoms in total. The summed E-state index contributed by atoms with van der Waals surface area (Å²) in [5, 5.41) is 8.99. The fraction of sp³-hybridized carbons (Fsp3) is 0.429. The summed E-state index contributed by atoms with van der Waals surface area (Å²) in [6, 6.07) is 2.02. The highest BCUT2D eigenvalue weighted by atomic mass is 16.5. The van der Waals surface area contributed by atoms with Crippen LogP contribution in [0.2, 0.25) is 0 Å². The van der Waals surface area contributed by atoms with E-state index in [9.17, 15) is 9.59 Å². The number of carbonyl (C=O) groups is 2. The molecule has 0 aromatic heterocycles. The second kappa shape index (κ2) is 6.83. The van der Waals surface area contributed by atoms with Crippen molar-refractivity contribution in [1.82, 2.24) is 4.90 Å². The third-order valence-electron chi connectivity index (χ3n) is 3.19. The Morgan fingerprint density at radius 1 is 1.05 bits per heavy atom. The van der Waals surface area contributed by atoms with Gasteiger partial charge in [-0.1, -0.05) is 0 Å². The number of carbonyl (C=O) groups excluding carboxylic acids is 1. The number of carboxylic acid groups (broad SMARTS) is 1. The minimum absolute atomic E-state index is 0.200. The second-order valence-corrected chi connectivity index (χ2v) is 4.34. The van der Waals surface area contributed by atoms with Crippen LogP contribution in [0.15, 0.2) is 12.1 Å². The molecule has 1 rings (SSSR count). The second-order valence-electron chi connectivity index (χ2n) is 4.34. The Bertz CT molecular complexity index is 543. The zero-order chi connectivity index (χ0) is 16.2.